The van der Waals surface area contributed by atoms with Crippen molar-refractivity contribution in [1.82, 2.24) is 10.2 Å². The Bertz CT molecular complexity index is 482. The molecule has 0 aliphatic carbocycles. The zero-order valence-corrected chi connectivity index (χ0v) is 16.8. The zero-order valence-electron chi connectivity index (χ0n) is 14.5. The van der Waals surface area contributed by atoms with E-state index in [1.165, 1.54) is 11.1 Å². The van der Waals surface area contributed by atoms with Gasteiger partial charge >= 0.3 is 0 Å². The van der Waals surface area contributed by atoms with Crippen LogP contribution in [0.4, 0.5) is 0 Å². The van der Waals surface area contributed by atoms with Crippen LogP contribution in [0.25, 0.3) is 0 Å². The molecule has 4 nitrogen and oxygen atoms in total. The summed E-state index contributed by atoms with van der Waals surface area (Å²) >= 11 is 0. The molecule has 1 aliphatic heterocycles. The number of hydrogen-bond donors (Lipinski definition) is 2. The normalized spacial score (nSPS) is 17.6. The number of hydrogen-bond acceptors (Lipinski definition) is 2. The van der Waals surface area contributed by atoms with Crippen molar-refractivity contribution in [3.63, 3.8) is 0 Å². The summed E-state index contributed by atoms with van der Waals surface area (Å²) in [5.41, 5.74) is 2.62. The minimum Gasteiger partial charge on any atom is -0.393 e. The Kier molecular flexibility index (Phi) is 8.91. The number of nitrogens with zero attached hydrogens (tertiary/aromatic N) is 2. The van der Waals surface area contributed by atoms with E-state index in [2.05, 4.69) is 55.3 Å². The maximum Gasteiger partial charge on any atom is 0.193 e. The van der Waals surface area contributed by atoms with Crippen molar-refractivity contribution in [3.05, 3.63) is 35.4 Å². The lowest BCUT2D eigenvalue weighted by atomic mass is 10.0. The molecule has 2 rings (SSSR count). The molecular weight excluding hydrogens is 401 g/mol. The second-order valence-electron chi connectivity index (χ2n) is 6.22. The number of nitrogens with one attached hydrogen (secondary N) is 1. The van der Waals surface area contributed by atoms with Gasteiger partial charge in [-0.05, 0) is 32.3 Å². The summed E-state index contributed by atoms with van der Waals surface area (Å²) in [6.45, 7) is 9.84. The van der Waals surface area contributed by atoms with E-state index in [9.17, 15) is 5.11 Å². The standard InChI is InChI=1S/C18H29N3O.HI/c1-4-19-18(21-11-9-17(22)10-12-21)20-13-15(3)16-7-5-14(2)6-8-16;/h5-8,15,17,22H,4,9-13H2,1-3H3,(H,19,20);1H. The Hall–Kier alpha value is -0.820. The molecule has 130 valence electrons. The number of guanidine groups is 1. The topological polar surface area (TPSA) is 47.9 Å². The van der Waals surface area contributed by atoms with Crippen LogP contribution in [0.15, 0.2) is 29.3 Å². The third-order valence-corrected chi connectivity index (χ3v) is 4.26. The molecule has 1 aromatic rings. The zero-order chi connectivity index (χ0) is 15.9. The molecular formula is C18H30IN3O. The molecule has 1 aliphatic rings. The molecule has 1 unspecified atom stereocenters. The van der Waals surface area contributed by atoms with Crippen LogP contribution in [-0.2, 0) is 0 Å². The summed E-state index contributed by atoms with van der Waals surface area (Å²) in [7, 11) is 0. The fraction of sp³-hybridized carbons (Fsp3) is 0.611. The first kappa shape index (κ1) is 20.2. The Morgan fingerprint density at radius 2 is 1.91 bits per heavy atom. The summed E-state index contributed by atoms with van der Waals surface area (Å²) in [5, 5.41) is 13.0. The van der Waals surface area contributed by atoms with E-state index in [1.54, 1.807) is 0 Å². The average molecular weight is 431 g/mol. The van der Waals surface area contributed by atoms with Crippen LogP contribution < -0.4 is 5.32 Å². The fourth-order valence-corrected chi connectivity index (χ4v) is 2.73. The van der Waals surface area contributed by atoms with Gasteiger partial charge in [0.05, 0.1) is 6.10 Å². The Morgan fingerprint density at radius 3 is 2.48 bits per heavy atom. The molecule has 0 saturated carbocycles. The largest absolute Gasteiger partial charge is 0.393 e. The second-order valence-corrected chi connectivity index (χ2v) is 6.22. The summed E-state index contributed by atoms with van der Waals surface area (Å²) in [6, 6.07) is 8.71. The minimum absolute atomic E-state index is 0. The fourth-order valence-electron chi connectivity index (χ4n) is 2.73. The predicted molar refractivity (Wildman–Crippen MR) is 108 cm³/mol. The molecule has 1 fully saturated rings. The van der Waals surface area contributed by atoms with Crippen molar-refractivity contribution in [1.29, 1.82) is 0 Å². The van der Waals surface area contributed by atoms with Gasteiger partial charge in [-0.15, -0.1) is 24.0 Å². The summed E-state index contributed by atoms with van der Waals surface area (Å²) < 4.78 is 0. The summed E-state index contributed by atoms with van der Waals surface area (Å²) in [5.74, 6) is 1.39. The van der Waals surface area contributed by atoms with Gasteiger partial charge in [0, 0.05) is 32.1 Å². The van der Waals surface area contributed by atoms with Crippen molar-refractivity contribution in [3.8, 4) is 0 Å². The summed E-state index contributed by atoms with van der Waals surface area (Å²) in [6.07, 6.45) is 1.51. The summed E-state index contributed by atoms with van der Waals surface area (Å²) in [4.78, 5) is 7.07. The molecule has 1 heterocycles. The van der Waals surface area contributed by atoms with Gasteiger partial charge in [-0.3, -0.25) is 4.99 Å². The van der Waals surface area contributed by atoms with Gasteiger partial charge in [-0.25, -0.2) is 0 Å². The molecule has 0 radical (unpaired) electrons. The number of aliphatic hydroxyl groups is 1. The number of aliphatic hydroxyl groups excluding tert-OH is 1. The van der Waals surface area contributed by atoms with E-state index in [0.717, 1.165) is 45.0 Å². The Morgan fingerprint density at radius 1 is 1.30 bits per heavy atom. The first-order valence-corrected chi connectivity index (χ1v) is 8.38. The number of aryl methyl sites for hydroxylation is 1. The molecule has 2 N–H and O–H groups in total. The highest BCUT2D eigenvalue weighted by molar-refractivity contribution is 14.0. The van der Waals surface area contributed by atoms with Crippen LogP contribution in [0.3, 0.4) is 0 Å². The van der Waals surface area contributed by atoms with Crippen LogP contribution in [-0.4, -0.2) is 48.2 Å². The number of aliphatic imine (C=N–C) groups is 1. The molecule has 1 saturated heterocycles. The molecule has 1 atom stereocenters. The second kappa shape index (κ2) is 10.1. The van der Waals surface area contributed by atoms with Crippen molar-refractivity contribution < 1.29 is 5.11 Å². The Balaban J connectivity index is 0.00000264. The van der Waals surface area contributed by atoms with Gasteiger partial charge in [0.2, 0.25) is 0 Å². The lowest BCUT2D eigenvalue weighted by Gasteiger charge is -2.32. The maximum absolute atomic E-state index is 9.64. The van der Waals surface area contributed by atoms with Gasteiger partial charge in [-0.1, -0.05) is 36.8 Å². The maximum atomic E-state index is 9.64. The molecule has 23 heavy (non-hydrogen) atoms. The number of benzene rings is 1. The third-order valence-electron chi connectivity index (χ3n) is 4.26. The molecule has 0 amide bonds. The molecule has 0 spiro atoms. The highest BCUT2D eigenvalue weighted by atomic mass is 127. The van der Waals surface area contributed by atoms with Crippen LogP contribution in [0.2, 0.25) is 0 Å². The highest BCUT2D eigenvalue weighted by Crippen LogP contribution is 2.17. The van der Waals surface area contributed by atoms with Crippen LogP contribution in [0.5, 0.6) is 0 Å². The van der Waals surface area contributed by atoms with E-state index >= 15 is 0 Å². The van der Waals surface area contributed by atoms with E-state index in [4.69, 9.17) is 4.99 Å². The number of halogens is 1. The predicted octanol–water partition coefficient (Wildman–Crippen LogP) is 3.14. The van der Waals surface area contributed by atoms with Crippen LogP contribution in [0, 0.1) is 6.92 Å². The van der Waals surface area contributed by atoms with Gasteiger partial charge < -0.3 is 15.3 Å². The quantitative estimate of drug-likeness (QED) is 0.438. The van der Waals surface area contributed by atoms with Gasteiger partial charge in [0.25, 0.3) is 0 Å². The molecule has 0 bridgehead atoms. The van der Waals surface area contributed by atoms with E-state index in [0.29, 0.717) is 5.92 Å². The number of rotatable bonds is 4. The van der Waals surface area contributed by atoms with Crippen molar-refractivity contribution in [2.45, 2.75) is 45.6 Å². The van der Waals surface area contributed by atoms with Gasteiger partial charge in [0.1, 0.15) is 0 Å². The smallest absolute Gasteiger partial charge is 0.193 e. The van der Waals surface area contributed by atoms with Crippen molar-refractivity contribution in [2.75, 3.05) is 26.2 Å². The number of piperidine rings is 1. The Labute approximate surface area is 157 Å². The molecule has 1 aromatic carbocycles. The highest BCUT2D eigenvalue weighted by Gasteiger charge is 2.19. The first-order chi connectivity index (χ1) is 10.6. The van der Waals surface area contributed by atoms with E-state index in [-0.39, 0.29) is 30.1 Å². The monoisotopic (exact) mass is 431 g/mol. The average Bonchev–Trinajstić information content (AvgIpc) is 2.53. The van der Waals surface area contributed by atoms with Crippen molar-refractivity contribution >= 4 is 29.9 Å². The van der Waals surface area contributed by atoms with Crippen molar-refractivity contribution in [2.24, 2.45) is 4.99 Å². The molecule has 0 aromatic heterocycles. The van der Waals surface area contributed by atoms with Crippen LogP contribution in [0.1, 0.15) is 43.7 Å². The SMILES string of the molecule is CCNC(=NCC(C)c1ccc(C)cc1)N1CCC(O)CC1.I. The molecule has 5 heteroatoms. The van der Waals surface area contributed by atoms with Gasteiger partial charge in [-0.2, -0.15) is 0 Å². The number of likely N-dealkylation sites (tertiary alicyclic amines) is 1. The minimum atomic E-state index is -0.148. The van der Waals surface area contributed by atoms with Gasteiger partial charge in [0.15, 0.2) is 5.96 Å². The first-order valence-electron chi connectivity index (χ1n) is 8.38. The lowest BCUT2D eigenvalue weighted by molar-refractivity contribution is 0.108. The lowest BCUT2D eigenvalue weighted by Crippen LogP contribution is -2.46. The third kappa shape index (κ3) is 6.30. The van der Waals surface area contributed by atoms with Crippen LogP contribution >= 0.6 is 24.0 Å². The van der Waals surface area contributed by atoms with E-state index < -0.39 is 0 Å². The van der Waals surface area contributed by atoms with E-state index in [1.807, 2.05) is 0 Å².